The molecule has 142 valence electrons. The molecule has 4 fully saturated rings. The Hall–Kier alpha value is -2.37. The summed E-state index contributed by atoms with van der Waals surface area (Å²) in [6.45, 7) is 0.499. The van der Waals surface area contributed by atoms with Crippen LogP contribution < -0.4 is 10.6 Å². The minimum absolute atomic E-state index is 0.0340. The van der Waals surface area contributed by atoms with Crippen molar-refractivity contribution in [3.8, 4) is 11.3 Å². The zero-order valence-electron chi connectivity index (χ0n) is 15.8. The van der Waals surface area contributed by atoms with Crippen molar-refractivity contribution in [1.82, 2.24) is 25.4 Å². The summed E-state index contributed by atoms with van der Waals surface area (Å²) in [5.41, 5.74) is 2.95. The molecule has 27 heavy (non-hydrogen) atoms. The fraction of sp³-hybridized carbons (Fsp3) is 0.571. The Morgan fingerprint density at radius 1 is 1.15 bits per heavy atom. The van der Waals surface area contributed by atoms with E-state index in [1.165, 1.54) is 38.5 Å². The van der Waals surface area contributed by atoms with Gasteiger partial charge < -0.3 is 10.6 Å². The minimum Gasteiger partial charge on any atom is -0.334 e. The standard InChI is InChI=1S/C21H27N5O/c1-26-13-18(12-24-26)19-3-2-14(10-22-19)11-23-20(27)25-21-7-15-4-16(8-21)6-17(5-15)9-21/h2-3,10,12-13,15-17H,4-9,11H2,1H3,(H2,23,25,27). The molecule has 4 aliphatic carbocycles. The van der Waals surface area contributed by atoms with Crippen LogP contribution in [0.4, 0.5) is 4.79 Å². The van der Waals surface area contributed by atoms with Crippen LogP contribution in [0, 0.1) is 17.8 Å². The lowest BCUT2D eigenvalue weighted by Crippen LogP contribution is -2.61. The quantitative estimate of drug-likeness (QED) is 0.874. The minimum atomic E-state index is -0.0340. The molecular formula is C21H27N5O. The molecule has 6 rings (SSSR count). The number of rotatable bonds is 4. The molecule has 2 heterocycles. The van der Waals surface area contributed by atoms with E-state index in [0.717, 1.165) is 34.6 Å². The Morgan fingerprint density at radius 3 is 2.41 bits per heavy atom. The molecule has 0 aromatic carbocycles. The maximum absolute atomic E-state index is 12.5. The average Bonchev–Trinajstić information content (AvgIpc) is 3.05. The fourth-order valence-corrected chi connectivity index (χ4v) is 5.98. The number of pyridine rings is 1. The van der Waals surface area contributed by atoms with Gasteiger partial charge in [0.25, 0.3) is 0 Å². The van der Waals surface area contributed by atoms with Crippen LogP contribution in [0.5, 0.6) is 0 Å². The third-order valence-electron chi connectivity index (χ3n) is 6.70. The van der Waals surface area contributed by atoms with Crippen molar-refractivity contribution < 1.29 is 4.79 Å². The highest BCUT2D eigenvalue weighted by Gasteiger charge is 2.51. The van der Waals surface area contributed by atoms with Gasteiger partial charge in [0.05, 0.1) is 11.9 Å². The fourth-order valence-electron chi connectivity index (χ4n) is 5.98. The van der Waals surface area contributed by atoms with Crippen LogP contribution in [0.3, 0.4) is 0 Å². The average molecular weight is 365 g/mol. The number of nitrogens with one attached hydrogen (secondary N) is 2. The van der Waals surface area contributed by atoms with E-state index < -0.39 is 0 Å². The molecule has 6 nitrogen and oxygen atoms in total. The van der Waals surface area contributed by atoms with Crippen molar-refractivity contribution in [2.45, 2.75) is 50.6 Å². The Bertz CT molecular complexity index is 805. The first-order chi connectivity index (χ1) is 13.1. The Morgan fingerprint density at radius 2 is 1.85 bits per heavy atom. The molecule has 4 bridgehead atoms. The third-order valence-corrected chi connectivity index (χ3v) is 6.70. The summed E-state index contributed by atoms with van der Waals surface area (Å²) >= 11 is 0. The van der Waals surface area contributed by atoms with Gasteiger partial charge in [-0.25, -0.2) is 4.79 Å². The molecule has 2 N–H and O–H groups in total. The molecule has 2 aromatic heterocycles. The Labute approximate surface area is 159 Å². The number of aromatic nitrogens is 3. The number of aryl methyl sites for hydroxylation is 1. The highest BCUT2D eigenvalue weighted by Crippen LogP contribution is 2.55. The highest BCUT2D eigenvalue weighted by molar-refractivity contribution is 5.75. The number of hydrogen-bond acceptors (Lipinski definition) is 3. The van der Waals surface area contributed by atoms with E-state index >= 15 is 0 Å². The molecule has 0 spiro atoms. The van der Waals surface area contributed by atoms with Gasteiger partial charge in [0, 0.05) is 37.1 Å². The number of carbonyl (C=O) groups is 1. The summed E-state index contributed by atoms with van der Waals surface area (Å²) in [6.07, 6.45) is 13.3. The van der Waals surface area contributed by atoms with Crippen LogP contribution in [-0.2, 0) is 13.6 Å². The summed E-state index contributed by atoms with van der Waals surface area (Å²) < 4.78 is 1.77. The molecule has 6 heteroatoms. The number of carbonyl (C=O) groups excluding carboxylic acids is 1. The normalized spacial score (nSPS) is 31.1. The predicted octanol–water partition coefficient (Wildman–Crippen LogP) is 3.25. The van der Waals surface area contributed by atoms with Crippen LogP contribution in [0.25, 0.3) is 11.3 Å². The summed E-state index contributed by atoms with van der Waals surface area (Å²) in [7, 11) is 1.89. The zero-order chi connectivity index (χ0) is 18.4. The van der Waals surface area contributed by atoms with E-state index in [4.69, 9.17) is 0 Å². The molecule has 4 aliphatic rings. The van der Waals surface area contributed by atoms with Crippen molar-refractivity contribution in [3.63, 3.8) is 0 Å². The smallest absolute Gasteiger partial charge is 0.315 e. The third kappa shape index (κ3) is 3.33. The van der Waals surface area contributed by atoms with Gasteiger partial charge in [0.1, 0.15) is 0 Å². The Kier molecular flexibility index (Phi) is 3.95. The first-order valence-corrected chi connectivity index (χ1v) is 10.1. The van der Waals surface area contributed by atoms with Gasteiger partial charge in [-0.05, 0) is 67.9 Å². The predicted molar refractivity (Wildman–Crippen MR) is 103 cm³/mol. The Balaban J connectivity index is 1.17. The molecule has 4 saturated carbocycles. The molecule has 0 aliphatic heterocycles. The van der Waals surface area contributed by atoms with E-state index in [0.29, 0.717) is 6.54 Å². The van der Waals surface area contributed by atoms with Crippen molar-refractivity contribution in [1.29, 1.82) is 0 Å². The number of urea groups is 1. The molecule has 2 amide bonds. The summed E-state index contributed by atoms with van der Waals surface area (Å²) in [5.74, 6) is 2.50. The lowest BCUT2D eigenvalue weighted by Gasteiger charge is -2.56. The van der Waals surface area contributed by atoms with Gasteiger partial charge in [-0.1, -0.05) is 6.07 Å². The SMILES string of the molecule is Cn1cc(-c2ccc(CNC(=O)NC34CC5CC(CC(C5)C3)C4)cn2)cn1. The highest BCUT2D eigenvalue weighted by atomic mass is 16.2. The lowest BCUT2D eigenvalue weighted by atomic mass is 9.53. The largest absolute Gasteiger partial charge is 0.334 e. The van der Waals surface area contributed by atoms with E-state index in [1.54, 1.807) is 10.9 Å². The van der Waals surface area contributed by atoms with Crippen LogP contribution >= 0.6 is 0 Å². The topological polar surface area (TPSA) is 71.8 Å². The summed E-state index contributed by atoms with van der Waals surface area (Å²) in [6, 6.07) is 3.96. The van der Waals surface area contributed by atoms with Gasteiger partial charge in [-0.3, -0.25) is 9.67 Å². The van der Waals surface area contributed by atoms with Crippen molar-refractivity contribution >= 4 is 6.03 Å². The number of amides is 2. The second-order valence-electron chi connectivity index (χ2n) is 8.96. The maximum Gasteiger partial charge on any atom is 0.315 e. The van der Waals surface area contributed by atoms with Gasteiger partial charge in [-0.2, -0.15) is 5.10 Å². The number of hydrogen-bond donors (Lipinski definition) is 2. The van der Waals surface area contributed by atoms with Gasteiger partial charge in [-0.15, -0.1) is 0 Å². The first kappa shape index (κ1) is 16.8. The molecule has 0 atom stereocenters. The van der Waals surface area contributed by atoms with Crippen molar-refractivity contribution in [3.05, 3.63) is 36.3 Å². The number of nitrogens with zero attached hydrogens (tertiary/aromatic N) is 3. The van der Waals surface area contributed by atoms with E-state index in [2.05, 4.69) is 20.7 Å². The summed E-state index contributed by atoms with van der Waals surface area (Å²) in [5, 5.41) is 10.6. The van der Waals surface area contributed by atoms with Crippen LogP contribution in [-0.4, -0.2) is 26.3 Å². The molecule has 2 aromatic rings. The monoisotopic (exact) mass is 365 g/mol. The second-order valence-corrected chi connectivity index (χ2v) is 8.96. The molecule has 0 radical (unpaired) electrons. The molecule has 0 saturated heterocycles. The van der Waals surface area contributed by atoms with Gasteiger partial charge in [0.2, 0.25) is 0 Å². The van der Waals surface area contributed by atoms with Crippen molar-refractivity contribution in [2.24, 2.45) is 24.8 Å². The second kappa shape index (κ2) is 6.36. The van der Waals surface area contributed by atoms with Crippen LogP contribution in [0.15, 0.2) is 30.7 Å². The maximum atomic E-state index is 12.5. The lowest BCUT2D eigenvalue weighted by molar-refractivity contribution is -0.0135. The van der Waals surface area contributed by atoms with E-state index in [9.17, 15) is 4.79 Å². The zero-order valence-corrected chi connectivity index (χ0v) is 15.8. The van der Waals surface area contributed by atoms with Crippen LogP contribution in [0.1, 0.15) is 44.1 Å². The molecule has 0 unspecified atom stereocenters. The molecular weight excluding hydrogens is 338 g/mol. The van der Waals surface area contributed by atoms with Crippen LogP contribution in [0.2, 0.25) is 0 Å². The van der Waals surface area contributed by atoms with E-state index in [1.807, 2.05) is 31.6 Å². The van der Waals surface area contributed by atoms with Gasteiger partial charge >= 0.3 is 6.03 Å². The van der Waals surface area contributed by atoms with E-state index in [-0.39, 0.29) is 11.6 Å². The first-order valence-electron chi connectivity index (χ1n) is 10.1. The van der Waals surface area contributed by atoms with Gasteiger partial charge in [0.15, 0.2) is 0 Å². The van der Waals surface area contributed by atoms with Crippen molar-refractivity contribution in [2.75, 3.05) is 0 Å². The summed E-state index contributed by atoms with van der Waals surface area (Å²) in [4.78, 5) is 17.0.